The Bertz CT molecular complexity index is 1030. The predicted octanol–water partition coefficient (Wildman–Crippen LogP) is 3.86. The molecule has 5 nitrogen and oxygen atoms in total. The Kier molecular flexibility index (Phi) is 5.67. The van der Waals surface area contributed by atoms with Crippen LogP contribution in [0.25, 0.3) is 10.8 Å². The molecule has 0 unspecified atom stereocenters. The van der Waals surface area contributed by atoms with E-state index in [1.807, 2.05) is 42.5 Å². The molecule has 1 fully saturated rings. The zero-order valence-electron chi connectivity index (χ0n) is 15.9. The molecule has 6 heteroatoms. The summed E-state index contributed by atoms with van der Waals surface area (Å²) in [6.07, 6.45) is 0. The summed E-state index contributed by atoms with van der Waals surface area (Å²) < 4.78 is 5.70. The summed E-state index contributed by atoms with van der Waals surface area (Å²) in [5, 5.41) is 2.81. The number of rotatable bonds is 4. The Hall–Kier alpha value is -3.05. The van der Waals surface area contributed by atoms with Gasteiger partial charge < -0.3 is 14.5 Å². The molecule has 4 rings (SSSR count). The van der Waals surface area contributed by atoms with Crippen molar-refractivity contribution < 1.29 is 14.3 Å². The molecule has 1 aliphatic rings. The molecule has 0 N–H and O–H groups in total. The monoisotopic (exact) mass is 408 g/mol. The molecule has 0 radical (unpaired) electrons. The Morgan fingerprint density at radius 3 is 2.21 bits per heavy atom. The van der Waals surface area contributed by atoms with Gasteiger partial charge in [0.15, 0.2) is 6.61 Å². The molecular formula is C23H21ClN2O3. The van der Waals surface area contributed by atoms with Crippen molar-refractivity contribution in [1.82, 2.24) is 9.80 Å². The van der Waals surface area contributed by atoms with Gasteiger partial charge in [-0.2, -0.15) is 0 Å². The fraction of sp³-hybridized carbons (Fsp3) is 0.217. The van der Waals surface area contributed by atoms with Gasteiger partial charge in [-0.25, -0.2) is 0 Å². The van der Waals surface area contributed by atoms with E-state index in [1.165, 1.54) is 0 Å². The van der Waals surface area contributed by atoms with Gasteiger partial charge in [0.25, 0.3) is 11.8 Å². The number of halogens is 1. The maximum atomic E-state index is 12.6. The largest absolute Gasteiger partial charge is 0.484 e. The molecule has 0 spiro atoms. The maximum Gasteiger partial charge on any atom is 0.260 e. The van der Waals surface area contributed by atoms with Crippen molar-refractivity contribution in [2.24, 2.45) is 0 Å². The second kappa shape index (κ2) is 8.53. The van der Waals surface area contributed by atoms with Crippen LogP contribution in [-0.2, 0) is 4.79 Å². The Morgan fingerprint density at radius 2 is 1.48 bits per heavy atom. The highest BCUT2D eigenvalue weighted by molar-refractivity contribution is 6.30. The number of hydrogen-bond acceptors (Lipinski definition) is 3. The Morgan fingerprint density at radius 1 is 0.828 bits per heavy atom. The van der Waals surface area contributed by atoms with Gasteiger partial charge in [0.2, 0.25) is 0 Å². The lowest BCUT2D eigenvalue weighted by atomic mass is 10.1. The summed E-state index contributed by atoms with van der Waals surface area (Å²) in [5.41, 5.74) is 0.605. The lowest BCUT2D eigenvalue weighted by Gasteiger charge is -2.34. The first-order chi connectivity index (χ1) is 14.1. The van der Waals surface area contributed by atoms with E-state index < -0.39 is 0 Å². The lowest BCUT2D eigenvalue weighted by Crippen LogP contribution is -2.51. The fourth-order valence-corrected chi connectivity index (χ4v) is 3.55. The standard InChI is InChI=1S/C23H21ClN2O3/c24-20-8-5-18(6-9-20)23(28)26-13-11-25(12-14-26)22(27)16-29-21-10-7-17-3-1-2-4-19(17)15-21/h1-10,15H,11-14,16H2. The minimum Gasteiger partial charge on any atom is -0.484 e. The number of benzene rings is 3. The number of amides is 2. The Labute approximate surface area is 174 Å². The molecule has 1 aliphatic heterocycles. The third kappa shape index (κ3) is 4.51. The molecule has 29 heavy (non-hydrogen) atoms. The van der Waals surface area contributed by atoms with Gasteiger partial charge in [-0.3, -0.25) is 9.59 Å². The Balaban J connectivity index is 1.29. The zero-order valence-corrected chi connectivity index (χ0v) is 16.6. The first-order valence-electron chi connectivity index (χ1n) is 9.54. The second-order valence-corrected chi connectivity index (χ2v) is 7.41. The third-order valence-electron chi connectivity index (χ3n) is 5.09. The van der Waals surface area contributed by atoms with Crippen molar-refractivity contribution in [1.29, 1.82) is 0 Å². The molecule has 0 atom stereocenters. The highest BCUT2D eigenvalue weighted by Gasteiger charge is 2.25. The van der Waals surface area contributed by atoms with Crippen LogP contribution in [0.1, 0.15) is 10.4 Å². The summed E-state index contributed by atoms with van der Waals surface area (Å²) in [6, 6.07) is 20.7. The number of fused-ring (bicyclic) bond motifs is 1. The third-order valence-corrected chi connectivity index (χ3v) is 5.35. The summed E-state index contributed by atoms with van der Waals surface area (Å²) in [5.74, 6) is 0.562. The lowest BCUT2D eigenvalue weighted by molar-refractivity contribution is -0.134. The number of piperazine rings is 1. The van der Waals surface area contributed by atoms with Crippen molar-refractivity contribution in [3.05, 3.63) is 77.3 Å². The van der Waals surface area contributed by atoms with Crippen LogP contribution in [0.15, 0.2) is 66.7 Å². The van der Waals surface area contributed by atoms with Gasteiger partial charge in [0, 0.05) is 36.8 Å². The summed E-state index contributed by atoms with van der Waals surface area (Å²) in [6.45, 7) is 1.99. The molecule has 3 aromatic rings. The first-order valence-corrected chi connectivity index (χ1v) is 9.92. The van der Waals surface area contributed by atoms with Crippen LogP contribution in [0.4, 0.5) is 0 Å². The average Bonchev–Trinajstić information content (AvgIpc) is 2.77. The van der Waals surface area contributed by atoms with E-state index >= 15 is 0 Å². The van der Waals surface area contributed by atoms with Gasteiger partial charge in [-0.05, 0) is 47.2 Å². The van der Waals surface area contributed by atoms with Crippen LogP contribution < -0.4 is 4.74 Å². The average molecular weight is 409 g/mol. The molecule has 0 aromatic heterocycles. The van der Waals surface area contributed by atoms with Crippen LogP contribution in [0.3, 0.4) is 0 Å². The highest BCUT2D eigenvalue weighted by atomic mass is 35.5. The minimum atomic E-state index is -0.0725. The van der Waals surface area contributed by atoms with E-state index in [-0.39, 0.29) is 18.4 Å². The predicted molar refractivity (Wildman–Crippen MR) is 113 cm³/mol. The summed E-state index contributed by atoms with van der Waals surface area (Å²) >= 11 is 5.88. The molecule has 0 bridgehead atoms. The van der Waals surface area contributed by atoms with Crippen LogP contribution in [0.2, 0.25) is 5.02 Å². The van der Waals surface area contributed by atoms with Crippen LogP contribution >= 0.6 is 11.6 Å². The van der Waals surface area contributed by atoms with E-state index in [1.54, 1.807) is 34.1 Å². The summed E-state index contributed by atoms with van der Waals surface area (Å²) in [7, 11) is 0. The number of carbonyl (C=O) groups excluding carboxylic acids is 2. The highest BCUT2D eigenvalue weighted by Crippen LogP contribution is 2.20. The zero-order chi connectivity index (χ0) is 20.2. The van der Waals surface area contributed by atoms with Crippen LogP contribution in [0, 0.1) is 0 Å². The molecule has 148 valence electrons. The van der Waals surface area contributed by atoms with E-state index in [0.717, 1.165) is 10.8 Å². The minimum absolute atomic E-state index is 0.0104. The summed E-state index contributed by atoms with van der Waals surface area (Å²) in [4.78, 5) is 28.6. The molecule has 2 amide bonds. The number of nitrogens with zero attached hydrogens (tertiary/aromatic N) is 2. The quantitative estimate of drug-likeness (QED) is 0.658. The number of ether oxygens (including phenoxy) is 1. The van der Waals surface area contributed by atoms with E-state index in [0.29, 0.717) is 42.5 Å². The van der Waals surface area contributed by atoms with Crippen LogP contribution in [0.5, 0.6) is 5.75 Å². The maximum absolute atomic E-state index is 12.6. The van der Waals surface area contributed by atoms with Crippen molar-refractivity contribution in [3.63, 3.8) is 0 Å². The molecule has 0 aliphatic carbocycles. The van der Waals surface area contributed by atoms with Crippen molar-refractivity contribution in [2.45, 2.75) is 0 Å². The van der Waals surface area contributed by atoms with Gasteiger partial charge >= 0.3 is 0 Å². The van der Waals surface area contributed by atoms with Crippen LogP contribution in [-0.4, -0.2) is 54.4 Å². The molecule has 0 saturated carbocycles. The fourth-order valence-electron chi connectivity index (χ4n) is 3.43. The van der Waals surface area contributed by atoms with Gasteiger partial charge in [-0.1, -0.05) is 41.9 Å². The van der Waals surface area contributed by atoms with E-state index in [9.17, 15) is 9.59 Å². The van der Waals surface area contributed by atoms with Crippen molar-refractivity contribution >= 4 is 34.2 Å². The van der Waals surface area contributed by atoms with E-state index in [4.69, 9.17) is 16.3 Å². The van der Waals surface area contributed by atoms with Gasteiger partial charge in [-0.15, -0.1) is 0 Å². The topological polar surface area (TPSA) is 49.9 Å². The SMILES string of the molecule is O=C(COc1ccc2ccccc2c1)N1CCN(C(=O)c2ccc(Cl)cc2)CC1. The molecule has 1 heterocycles. The molecular weight excluding hydrogens is 388 g/mol. The molecule has 1 saturated heterocycles. The van der Waals surface area contributed by atoms with E-state index in [2.05, 4.69) is 0 Å². The second-order valence-electron chi connectivity index (χ2n) is 6.98. The number of carbonyl (C=O) groups is 2. The number of hydrogen-bond donors (Lipinski definition) is 0. The normalized spacial score (nSPS) is 14.1. The van der Waals surface area contributed by atoms with Crippen molar-refractivity contribution in [2.75, 3.05) is 32.8 Å². The van der Waals surface area contributed by atoms with Crippen molar-refractivity contribution in [3.8, 4) is 5.75 Å². The first kappa shape index (κ1) is 19.3. The smallest absolute Gasteiger partial charge is 0.260 e. The van der Waals surface area contributed by atoms with Gasteiger partial charge in [0.05, 0.1) is 0 Å². The van der Waals surface area contributed by atoms with Gasteiger partial charge in [0.1, 0.15) is 5.75 Å². The molecule has 3 aromatic carbocycles.